The normalized spacial score (nSPS) is 22.0. The van der Waals surface area contributed by atoms with Crippen LogP contribution < -0.4 is 0 Å². The van der Waals surface area contributed by atoms with E-state index in [4.69, 9.17) is 0 Å². The number of nitro benzene ring substituents is 1. The molecule has 2 rings (SSSR count). The van der Waals surface area contributed by atoms with Crippen molar-refractivity contribution in [2.75, 3.05) is 0 Å². The number of hydrogen-bond donors (Lipinski definition) is 0. The van der Waals surface area contributed by atoms with Gasteiger partial charge in [-0.3, -0.25) is 10.1 Å². The van der Waals surface area contributed by atoms with Crippen LogP contribution in [0.1, 0.15) is 5.56 Å². The molecule has 1 aliphatic rings. The van der Waals surface area contributed by atoms with Crippen molar-refractivity contribution in [1.29, 1.82) is 0 Å². The Kier molecular flexibility index (Phi) is 4.24. The van der Waals surface area contributed by atoms with E-state index in [9.17, 15) is 10.1 Å². The van der Waals surface area contributed by atoms with Gasteiger partial charge in [0.15, 0.2) is 0 Å². The molecule has 0 radical (unpaired) electrons. The van der Waals surface area contributed by atoms with Gasteiger partial charge in [0.05, 0.1) is 4.92 Å². The summed E-state index contributed by atoms with van der Waals surface area (Å²) in [6.07, 6.45) is 17.7. The highest BCUT2D eigenvalue weighted by atomic mass is 16.6. The van der Waals surface area contributed by atoms with Crippen LogP contribution in [0.3, 0.4) is 0 Å². The first-order valence-corrected chi connectivity index (χ1v) is 5.90. The molecule has 0 fully saturated rings. The summed E-state index contributed by atoms with van der Waals surface area (Å²) in [4.78, 5) is 10.1. The van der Waals surface area contributed by atoms with Gasteiger partial charge in [0.1, 0.15) is 0 Å². The van der Waals surface area contributed by atoms with Crippen molar-refractivity contribution >= 4 is 11.8 Å². The Balaban J connectivity index is 2.12. The molecule has 0 atom stereocenters. The van der Waals surface area contributed by atoms with Crippen molar-refractivity contribution in [2.45, 2.75) is 0 Å². The summed E-state index contributed by atoms with van der Waals surface area (Å²) < 4.78 is 0. The average Bonchev–Trinajstić information content (AvgIpc) is 2.38. The van der Waals surface area contributed by atoms with Crippen LogP contribution in [-0.4, -0.2) is 4.92 Å². The van der Waals surface area contributed by atoms with Gasteiger partial charge in [0.25, 0.3) is 5.69 Å². The first kappa shape index (κ1) is 12.8. The third kappa shape index (κ3) is 3.92. The lowest BCUT2D eigenvalue weighted by atomic mass is 10.1. The van der Waals surface area contributed by atoms with Crippen LogP contribution in [0.2, 0.25) is 0 Å². The number of hydrogen-bond acceptors (Lipinski definition) is 2. The second-order valence-corrected chi connectivity index (χ2v) is 3.98. The molecule has 0 spiro atoms. The summed E-state index contributed by atoms with van der Waals surface area (Å²) >= 11 is 0. The van der Waals surface area contributed by atoms with Gasteiger partial charge in [-0.1, -0.05) is 54.7 Å². The second-order valence-electron chi connectivity index (χ2n) is 3.98. The van der Waals surface area contributed by atoms with Gasteiger partial charge in [-0.05, 0) is 23.3 Å². The van der Waals surface area contributed by atoms with Crippen molar-refractivity contribution in [3.8, 4) is 0 Å². The smallest absolute Gasteiger partial charge is 0.258 e. The van der Waals surface area contributed by atoms with Crippen molar-refractivity contribution in [1.82, 2.24) is 0 Å². The minimum Gasteiger partial charge on any atom is -0.258 e. The molecule has 1 aliphatic carbocycles. The molecule has 3 heteroatoms. The number of nitrogens with zero attached hydrogens (tertiary/aromatic N) is 1. The number of rotatable bonds is 3. The van der Waals surface area contributed by atoms with Crippen molar-refractivity contribution < 1.29 is 4.92 Å². The molecule has 1 aromatic rings. The van der Waals surface area contributed by atoms with E-state index in [2.05, 4.69) is 0 Å². The minimum absolute atomic E-state index is 0.107. The van der Waals surface area contributed by atoms with Crippen molar-refractivity contribution in [3.63, 3.8) is 0 Å². The fourth-order valence-corrected chi connectivity index (χ4v) is 1.59. The first-order valence-electron chi connectivity index (χ1n) is 5.90. The van der Waals surface area contributed by atoms with Crippen LogP contribution in [0, 0.1) is 10.1 Å². The Morgan fingerprint density at radius 3 is 2.32 bits per heavy atom. The molecule has 0 N–H and O–H groups in total. The van der Waals surface area contributed by atoms with Gasteiger partial charge >= 0.3 is 0 Å². The number of allylic oxidation sites excluding steroid dienone is 9. The molecule has 1 aromatic carbocycles. The second kappa shape index (κ2) is 6.31. The first-order chi connectivity index (χ1) is 9.25. The Morgan fingerprint density at radius 2 is 1.58 bits per heavy atom. The van der Waals surface area contributed by atoms with Gasteiger partial charge in [-0.25, -0.2) is 0 Å². The van der Waals surface area contributed by atoms with Gasteiger partial charge in [0.2, 0.25) is 0 Å². The highest BCUT2D eigenvalue weighted by molar-refractivity contribution is 5.57. The summed E-state index contributed by atoms with van der Waals surface area (Å²) in [5, 5.41) is 10.5. The maximum atomic E-state index is 10.5. The van der Waals surface area contributed by atoms with E-state index in [-0.39, 0.29) is 5.69 Å². The summed E-state index contributed by atoms with van der Waals surface area (Å²) in [6, 6.07) is 6.48. The fourth-order valence-electron chi connectivity index (χ4n) is 1.59. The molecule has 3 nitrogen and oxygen atoms in total. The highest BCUT2D eigenvalue weighted by Crippen LogP contribution is 2.14. The van der Waals surface area contributed by atoms with E-state index in [1.54, 1.807) is 12.1 Å². The fraction of sp³-hybridized carbons (Fsp3) is 0. The quantitative estimate of drug-likeness (QED) is 0.596. The van der Waals surface area contributed by atoms with Gasteiger partial charge < -0.3 is 0 Å². The summed E-state index contributed by atoms with van der Waals surface area (Å²) in [6.45, 7) is 0. The average molecular weight is 251 g/mol. The van der Waals surface area contributed by atoms with Crippen molar-refractivity contribution in [3.05, 3.63) is 94.1 Å². The van der Waals surface area contributed by atoms with Gasteiger partial charge in [-0.2, -0.15) is 0 Å². The third-order valence-corrected chi connectivity index (χ3v) is 2.59. The summed E-state index contributed by atoms with van der Waals surface area (Å²) in [5.41, 5.74) is 2.11. The Morgan fingerprint density at radius 1 is 0.895 bits per heavy atom. The number of non-ortho nitro benzene ring substituents is 1. The SMILES string of the molecule is O=[N+]([O-])c1ccc(/C=C/C2=C/C=C\C=C/C=C\2)cc1. The predicted molar refractivity (Wildman–Crippen MR) is 77.6 cm³/mol. The Bertz CT molecular complexity index is 602. The molecule has 0 bridgehead atoms. The molecule has 0 saturated heterocycles. The summed E-state index contributed by atoms with van der Waals surface area (Å²) in [5.74, 6) is 0. The zero-order valence-corrected chi connectivity index (χ0v) is 10.3. The zero-order chi connectivity index (χ0) is 13.5. The zero-order valence-electron chi connectivity index (χ0n) is 10.3. The molecule has 0 heterocycles. The Hall–Kier alpha value is -2.68. The molecule has 94 valence electrons. The van der Waals surface area contributed by atoms with Crippen LogP contribution >= 0.6 is 0 Å². The Labute approximate surface area is 111 Å². The molecular formula is C16H13NO2. The van der Waals surface area contributed by atoms with Gasteiger partial charge in [0, 0.05) is 12.1 Å². The molecule has 0 amide bonds. The topological polar surface area (TPSA) is 43.1 Å². The molecule has 0 aliphatic heterocycles. The molecule has 0 unspecified atom stereocenters. The third-order valence-electron chi connectivity index (χ3n) is 2.59. The highest BCUT2D eigenvalue weighted by Gasteiger charge is 2.01. The van der Waals surface area contributed by atoms with Crippen LogP contribution in [0.25, 0.3) is 6.08 Å². The standard InChI is InChI=1S/C16H13NO2/c18-17(19)16-12-10-15(11-13-16)9-8-14-6-4-2-1-3-5-7-14/h1-13H/b2-1-,3-1?,4-2?,5-3-,6-4-,7-5?,9-8+,14-6?,14-7+. The molecule has 19 heavy (non-hydrogen) atoms. The monoisotopic (exact) mass is 251 g/mol. The van der Waals surface area contributed by atoms with Crippen LogP contribution in [0.15, 0.2) is 78.4 Å². The van der Waals surface area contributed by atoms with Crippen molar-refractivity contribution in [2.24, 2.45) is 0 Å². The maximum absolute atomic E-state index is 10.5. The summed E-state index contributed by atoms with van der Waals surface area (Å²) in [7, 11) is 0. The maximum Gasteiger partial charge on any atom is 0.269 e. The number of benzene rings is 1. The van der Waals surface area contributed by atoms with E-state index >= 15 is 0 Å². The molecular weight excluding hydrogens is 238 g/mol. The van der Waals surface area contributed by atoms with Gasteiger partial charge in [-0.15, -0.1) is 0 Å². The van der Waals surface area contributed by atoms with E-state index in [1.165, 1.54) is 12.1 Å². The van der Waals surface area contributed by atoms with E-state index in [1.807, 2.05) is 54.7 Å². The molecule has 0 aromatic heterocycles. The largest absolute Gasteiger partial charge is 0.269 e. The minimum atomic E-state index is -0.398. The molecule has 0 saturated carbocycles. The predicted octanol–water partition coefficient (Wildman–Crippen LogP) is 4.22. The van der Waals surface area contributed by atoms with Crippen LogP contribution in [0.4, 0.5) is 5.69 Å². The lowest BCUT2D eigenvalue weighted by Gasteiger charge is -1.96. The van der Waals surface area contributed by atoms with E-state index in [0.717, 1.165) is 11.1 Å². The van der Waals surface area contributed by atoms with E-state index < -0.39 is 4.92 Å². The lowest BCUT2D eigenvalue weighted by molar-refractivity contribution is -0.384. The number of nitro groups is 1. The lowest BCUT2D eigenvalue weighted by Crippen LogP contribution is -1.86. The van der Waals surface area contributed by atoms with Crippen LogP contribution in [0.5, 0.6) is 0 Å². The van der Waals surface area contributed by atoms with E-state index in [0.29, 0.717) is 0 Å². The van der Waals surface area contributed by atoms with Crippen LogP contribution in [-0.2, 0) is 0 Å².